The fourth-order valence-corrected chi connectivity index (χ4v) is 1.88. The average molecular weight is 225 g/mol. The first-order chi connectivity index (χ1) is 8.25. The van der Waals surface area contributed by atoms with E-state index in [1.165, 1.54) is 0 Å². The van der Waals surface area contributed by atoms with Gasteiger partial charge in [-0.2, -0.15) is 5.10 Å². The lowest BCUT2D eigenvalue weighted by Gasteiger charge is -2.05. The minimum absolute atomic E-state index is 0.251. The number of hydrogen-bond donors (Lipinski definition) is 2. The van der Waals surface area contributed by atoms with Gasteiger partial charge < -0.3 is 10.8 Å². The molecule has 0 saturated carbocycles. The predicted octanol–water partition coefficient (Wildman–Crippen LogP) is 2.29. The number of anilines is 1. The molecular weight excluding hydrogens is 214 g/mol. The Labute approximate surface area is 97.9 Å². The second-order valence-electron chi connectivity index (χ2n) is 3.85. The number of hydrogen-bond acceptors (Lipinski definition) is 3. The second-order valence-corrected chi connectivity index (χ2v) is 3.85. The summed E-state index contributed by atoms with van der Waals surface area (Å²) in [4.78, 5) is 0. The number of rotatable bonds is 1. The number of phenols is 1. The third kappa shape index (κ3) is 1.50. The zero-order chi connectivity index (χ0) is 11.8. The van der Waals surface area contributed by atoms with Gasteiger partial charge in [0.05, 0.1) is 23.1 Å². The van der Waals surface area contributed by atoms with Crippen LogP contribution in [-0.2, 0) is 0 Å². The molecule has 1 aromatic carbocycles. The molecule has 2 aromatic heterocycles. The molecule has 0 amide bonds. The Kier molecular flexibility index (Phi) is 2.01. The molecule has 3 N–H and O–H groups in total. The molecule has 17 heavy (non-hydrogen) atoms. The average Bonchev–Trinajstić information content (AvgIpc) is 2.73. The minimum atomic E-state index is 0.251. The van der Waals surface area contributed by atoms with E-state index in [9.17, 15) is 5.11 Å². The fourth-order valence-electron chi connectivity index (χ4n) is 1.88. The molecule has 0 saturated heterocycles. The third-order valence-corrected chi connectivity index (χ3v) is 2.74. The van der Waals surface area contributed by atoms with Crippen LogP contribution in [-0.4, -0.2) is 14.7 Å². The van der Waals surface area contributed by atoms with Crippen LogP contribution in [0.4, 0.5) is 5.69 Å². The van der Waals surface area contributed by atoms with Crippen molar-refractivity contribution in [3.05, 3.63) is 48.7 Å². The highest BCUT2D eigenvalue weighted by atomic mass is 16.3. The van der Waals surface area contributed by atoms with Gasteiger partial charge in [0.1, 0.15) is 5.75 Å². The Balaban J connectivity index is 2.26. The number of benzene rings is 1. The summed E-state index contributed by atoms with van der Waals surface area (Å²) in [5.74, 6) is 0.251. The van der Waals surface area contributed by atoms with E-state index in [2.05, 4.69) is 5.10 Å². The first-order valence-corrected chi connectivity index (χ1v) is 5.27. The van der Waals surface area contributed by atoms with Crippen LogP contribution in [0.25, 0.3) is 16.8 Å². The molecule has 4 heteroatoms. The Morgan fingerprint density at radius 3 is 2.59 bits per heavy atom. The number of aromatic hydroxyl groups is 1. The van der Waals surface area contributed by atoms with Gasteiger partial charge in [-0.3, -0.25) is 0 Å². The van der Waals surface area contributed by atoms with Crippen molar-refractivity contribution in [2.24, 2.45) is 0 Å². The van der Waals surface area contributed by atoms with Crippen LogP contribution in [0.3, 0.4) is 0 Å². The molecule has 0 atom stereocenters. The van der Waals surface area contributed by atoms with Crippen LogP contribution in [0.15, 0.2) is 48.7 Å². The van der Waals surface area contributed by atoms with Gasteiger partial charge >= 0.3 is 0 Å². The van der Waals surface area contributed by atoms with Crippen molar-refractivity contribution < 1.29 is 5.11 Å². The molecule has 0 fully saturated rings. The number of nitrogens with zero attached hydrogens (tertiary/aromatic N) is 2. The molecule has 0 spiro atoms. The lowest BCUT2D eigenvalue weighted by Crippen LogP contribution is -1.93. The van der Waals surface area contributed by atoms with Crippen LogP contribution >= 0.6 is 0 Å². The zero-order valence-corrected chi connectivity index (χ0v) is 9.04. The van der Waals surface area contributed by atoms with E-state index < -0.39 is 0 Å². The first kappa shape index (κ1) is 9.72. The fraction of sp³-hybridized carbons (Fsp3) is 0. The Morgan fingerprint density at radius 1 is 1.06 bits per heavy atom. The summed E-state index contributed by atoms with van der Waals surface area (Å²) < 4.78 is 1.79. The molecule has 0 radical (unpaired) electrons. The van der Waals surface area contributed by atoms with E-state index in [0.29, 0.717) is 5.69 Å². The smallest absolute Gasteiger partial charge is 0.115 e. The molecule has 84 valence electrons. The van der Waals surface area contributed by atoms with Crippen LogP contribution in [0.2, 0.25) is 0 Å². The SMILES string of the molecule is Nc1cnn2c(-c3ccc(O)cc3)cccc12. The van der Waals surface area contributed by atoms with E-state index >= 15 is 0 Å². The summed E-state index contributed by atoms with van der Waals surface area (Å²) in [6, 6.07) is 12.8. The maximum atomic E-state index is 9.28. The monoisotopic (exact) mass is 225 g/mol. The molecule has 2 heterocycles. The quantitative estimate of drug-likeness (QED) is 0.667. The molecular formula is C13H11N3O. The van der Waals surface area contributed by atoms with Crippen molar-refractivity contribution in [2.45, 2.75) is 0 Å². The van der Waals surface area contributed by atoms with Gasteiger partial charge in [-0.1, -0.05) is 6.07 Å². The lowest BCUT2D eigenvalue weighted by molar-refractivity contribution is 0.475. The summed E-state index contributed by atoms with van der Waals surface area (Å²) in [6.07, 6.45) is 1.64. The Hall–Kier alpha value is -2.49. The van der Waals surface area contributed by atoms with Gasteiger partial charge in [0, 0.05) is 5.56 Å². The van der Waals surface area contributed by atoms with Gasteiger partial charge in [-0.15, -0.1) is 0 Å². The molecule has 3 aromatic rings. The highest BCUT2D eigenvalue weighted by molar-refractivity contribution is 5.73. The van der Waals surface area contributed by atoms with Crippen molar-refractivity contribution in [1.82, 2.24) is 9.61 Å². The molecule has 3 rings (SSSR count). The number of nitrogen functional groups attached to an aromatic ring is 1. The van der Waals surface area contributed by atoms with Crippen LogP contribution in [0.5, 0.6) is 5.75 Å². The van der Waals surface area contributed by atoms with E-state index in [-0.39, 0.29) is 5.75 Å². The maximum Gasteiger partial charge on any atom is 0.115 e. The standard InChI is InChI=1S/C13H11N3O/c14-11-8-15-16-12(2-1-3-13(11)16)9-4-6-10(17)7-5-9/h1-8,17H,14H2. The summed E-state index contributed by atoms with van der Waals surface area (Å²) in [7, 11) is 0. The van der Waals surface area contributed by atoms with Crippen molar-refractivity contribution in [3.8, 4) is 17.0 Å². The third-order valence-electron chi connectivity index (χ3n) is 2.74. The molecule has 0 unspecified atom stereocenters. The Bertz CT molecular complexity index is 671. The Morgan fingerprint density at radius 2 is 1.82 bits per heavy atom. The van der Waals surface area contributed by atoms with Gasteiger partial charge in [-0.05, 0) is 36.4 Å². The second kappa shape index (κ2) is 3.52. The van der Waals surface area contributed by atoms with Crippen molar-refractivity contribution in [1.29, 1.82) is 0 Å². The van der Waals surface area contributed by atoms with E-state index in [1.54, 1.807) is 22.8 Å². The van der Waals surface area contributed by atoms with E-state index in [1.807, 2.05) is 30.3 Å². The summed E-state index contributed by atoms with van der Waals surface area (Å²) in [5.41, 5.74) is 9.29. The van der Waals surface area contributed by atoms with Crippen LogP contribution < -0.4 is 5.73 Å². The number of pyridine rings is 1. The van der Waals surface area contributed by atoms with Gasteiger partial charge in [0.15, 0.2) is 0 Å². The maximum absolute atomic E-state index is 9.28. The first-order valence-electron chi connectivity index (χ1n) is 5.27. The summed E-state index contributed by atoms with van der Waals surface area (Å²) in [5, 5.41) is 13.5. The van der Waals surface area contributed by atoms with Crippen molar-refractivity contribution in [2.75, 3.05) is 5.73 Å². The number of phenolic OH excluding ortho intramolecular Hbond substituents is 1. The molecule has 0 aliphatic heterocycles. The minimum Gasteiger partial charge on any atom is -0.508 e. The van der Waals surface area contributed by atoms with Gasteiger partial charge in [0.2, 0.25) is 0 Å². The highest BCUT2D eigenvalue weighted by Crippen LogP contribution is 2.24. The van der Waals surface area contributed by atoms with E-state index in [4.69, 9.17) is 5.73 Å². The zero-order valence-electron chi connectivity index (χ0n) is 9.04. The van der Waals surface area contributed by atoms with Crippen molar-refractivity contribution in [3.63, 3.8) is 0 Å². The van der Waals surface area contributed by atoms with Gasteiger partial charge in [-0.25, -0.2) is 4.52 Å². The largest absolute Gasteiger partial charge is 0.508 e. The normalized spacial score (nSPS) is 10.8. The summed E-state index contributed by atoms with van der Waals surface area (Å²) in [6.45, 7) is 0. The molecule has 4 nitrogen and oxygen atoms in total. The van der Waals surface area contributed by atoms with Crippen LogP contribution in [0.1, 0.15) is 0 Å². The highest BCUT2D eigenvalue weighted by Gasteiger charge is 2.06. The molecule has 0 aliphatic carbocycles. The van der Waals surface area contributed by atoms with Crippen molar-refractivity contribution >= 4 is 11.2 Å². The topological polar surface area (TPSA) is 63.5 Å². The van der Waals surface area contributed by atoms with Crippen LogP contribution in [0, 0.1) is 0 Å². The van der Waals surface area contributed by atoms with E-state index in [0.717, 1.165) is 16.8 Å². The predicted molar refractivity (Wildman–Crippen MR) is 66.7 cm³/mol. The number of nitrogens with two attached hydrogens (primary N) is 1. The number of aromatic nitrogens is 2. The molecule has 0 aliphatic rings. The lowest BCUT2D eigenvalue weighted by atomic mass is 10.1. The van der Waals surface area contributed by atoms with Gasteiger partial charge in [0.25, 0.3) is 0 Å². The number of fused-ring (bicyclic) bond motifs is 1. The molecule has 0 bridgehead atoms. The summed E-state index contributed by atoms with van der Waals surface area (Å²) >= 11 is 0.